The Hall–Kier alpha value is -2.82. The summed E-state index contributed by atoms with van der Waals surface area (Å²) in [6.45, 7) is 0. The molecule has 2 aromatic carbocycles. The summed E-state index contributed by atoms with van der Waals surface area (Å²) in [7, 11) is 0. The molecule has 126 valence electrons. The second-order valence-electron chi connectivity index (χ2n) is 5.38. The molecule has 1 atom stereocenters. The lowest BCUT2D eigenvalue weighted by Gasteiger charge is -2.16. The van der Waals surface area contributed by atoms with Gasteiger partial charge in [-0.3, -0.25) is 4.79 Å². The van der Waals surface area contributed by atoms with Crippen molar-refractivity contribution in [2.24, 2.45) is 0 Å². The monoisotopic (exact) mass is 353 g/mol. The average molecular weight is 354 g/mol. The van der Waals surface area contributed by atoms with E-state index in [0.29, 0.717) is 27.6 Å². The molecular formula is C20H16ClNO3. The molecule has 0 aliphatic rings. The summed E-state index contributed by atoms with van der Waals surface area (Å²) in [5, 5.41) is 13.9. The van der Waals surface area contributed by atoms with Crippen LogP contribution in [0.5, 0.6) is 0 Å². The van der Waals surface area contributed by atoms with Gasteiger partial charge < -0.3 is 14.8 Å². The molecule has 1 aromatic heterocycles. The van der Waals surface area contributed by atoms with E-state index < -0.39 is 6.10 Å². The number of amides is 1. The smallest absolute Gasteiger partial charge is 0.248 e. The Morgan fingerprint density at radius 3 is 2.64 bits per heavy atom. The third kappa shape index (κ3) is 4.38. The molecule has 0 aliphatic heterocycles. The van der Waals surface area contributed by atoms with Crippen LogP contribution < -0.4 is 5.32 Å². The number of benzene rings is 2. The van der Waals surface area contributed by atoms with Gasteiger partial charge in [-0.15, -0.1) is 0 Å². The molecule has 0 aliphatic carbocycles. The van der Waals surface area contributed by atoms with Crippen LogP contribution in [0, 0.1) is 0 Å². The molecule has 5 heteroatoms. The number of hydrogen-bond donors (Lipinski definition) is 2. The van der Waals surface area contributed by atoms with Crippen LogP contribution >= 0.6 is 11.6 Å². The second kappa shape index (κ2) is 7.83. The first kappa shape index (κ1) is 17.0. The number of aliphatic hydroxyl groups is 1. The predicted molar refractivity (Wildman–Crippen MR) is 98.3 cm³/mol. The lowest BCUT2D eigenvalue weighted by molar-refractivity contribution is -0.111. The highest BCUT2D eigenvalue weighted by Gasteiger charge is 2.16. The van der Waals surface area contributed by atoms with E-state index in [9.17, 15) is 9.90 Å². The Morgan fingerprint density at radius 1 is 1.12 bits per heavy atom. The van der Waals surface area contributed by atoms with E-state index >= 15 is 0 Å². The van der Waals surface area contributed by atoms with Crippen LogP contribution in [-0.2, 0) is 4.79 Å². The molecule has 0 saturated heterocycles. The summed E-state index contributed by atoms with van der Waals surface area (Å²) in [6, 6.07) is 17.6. The van der Waals surface area contributed by atoms with Gasteiger partial charge in [0.1, 0.15) is 11.9 Å². The normalized spacial score (nSPS) is 12.2. The van der Waals surface area contributed by atoms with Crippen molar-refractivity contribution in [1.82, 2.24) is 0 Å². The molecule has 1 amide bonds. The first-order valence-corrected chi connectivity index (χ1v) is 8.06. The van der Waals surface area contributed by atoms with Crippen molar-refractivity contribution in [3.8, 4) is 0 Å². The highest BCUT2D eigenvalue weighted by atomic mass is 35.5. The molecule has 0 radical (unpaired) electrons. The maximum absolute atomic E-state index is 12.1. The first-order chi connectivity index (χ1) is 12.1. The number of carbonyl (C=O) groups excluding carboxylic acids is 1. The minimum Gasteiger partial charge on any atom is -0.465 e. The largest absolute Gasteiger partial charge is 0.465 e. The van der Waals surface area contributed by atoms with Crippen molar-refractivity contribution >= 4 is 29.3 Å². The molecule has 0 saturated carbocycles. The van der Waals surface area contributed by atoms with E-state index in [1.54, 1.807) is 36.4 Å². The Labute approximate surface area is 150 Å². The van der Waals surface area contributed by atoms with E-state index in [1.165, 1.54) is 12.3 Å². The fraction of sp³-hybridized carbons (Fsp3) is 0.0500. The van der Waals surface area contributed by atoms with Crippen LogP contribution in [0.1, 0.15) is 23.0 Å². The molecule has 0 unspecified atom stereocenters. The van der Waals surface area contributed by atoms with Gasteiger partial charge in [0, 0.05) is 22.3 Å². The van der Waals surface area contributed by atoms with Gasteiger partial charge in [-0.1, -0.05) is 41.9 Å². The van der Waals surface area contributed by atoms with Crippen molar-refractivity contribution in [3.63, 3.8) is 0 Å². The summed E-state index contributed by atoms with van der Waals surface area (Å²) >= 11 is 6.06. The molecule has 3 aromatic rings. The van der Waals surface area contributed by atoms with Crippen LogP contribution in [0.4, 0.5) is 5.69 Å². The quantitative estimate of drug-likeness (QED) is 0.655. The molecule has 0 fully saturated rings. The minimum absolute atomic E-state index is 0.333. The Bertz CT molecular complexity index is 873. The lowest BCUT2D eigenvalue weighted by Crippen LogP contribution is -2.12. The van der Waals surface area contributed by atoms with Crippen molar-refractivity contribution in [1.29, 1.82) is 0 Å². The van der Waals surface area contributed by atoms with Gasteiger partial charge in [-0.25, -0.2) is 0 Å². The number of hydrogen-bond acceptors (Lipinski definition) is 3. The molecule has 0 spiro atoms. The van der Waals surface area contributed by atoms with Gasteiger partial charge in [0.25, 0.3) is 0 Å². The predicted octanol–water partition coefficient (Wildman–Crippen LogP) is 4.67. The average Bonchev–Trinajstić information content (AvgIpc) is 3.15. The van der Waals surface area contributed by atoms with Gasteiger partial charge in [-0.05, 0) is 42.0 Å². The van der Waals surface area contributed by atoms with Crippen LogP contribution in [0.3, 0.4) is 0 Å². The standard InChI is InChI=1S/C20H16ClNO3/c21-15-8-10-18(22-19(23)11-9-16-7-4-12-25-16)17(13-15)20(24)14-5-2-1-3-6-14/h1-13,20,24H,(H,22,23)/b11-9+/t20-/m1/s1. The molecule has 3 rings (SSSR count). The Kier molecular flexibility index (Phi) is 5.33. The number of halogens is 1. The number of rotatable bonds is 5. The minimum atomic E-state index is -0.899. The Morgan fingerprint density at radius 2 is 1.92 bits per heavy atom. The maximum Gasteiger partial charge on any atom is 0.248 e. The van der Waals surface area contributed by atoms with E-state index in [0.717, 1.165) is 0 Å². The first-order valence-electron chi connectivity index (χ1n) is 7.68. The van der Waals surface area contributed by atoms with Crippen LogP contribution in [0.25, 0.3) is 6.08 Å². The van der Waals surface area contributed by atoms with Crippen LogP contribution in [0.2, 0.25) is 5.02 Å². The summed E-state index contributed by atoms with van der Waals surface area (Å²) < 4.78 is 5.15. The number of nitrogens with one attached hydrogen (secondary N) is 1. The topological polar surface area (TPSA) is 62.5 Å². The maximum atomic E-state index is 12.1. The van der Waals surface area contributed by atoms with Gasteiger partial charge in [0.2, 0.25) is 5.91 Å². The van der Waals surface area contributed by atoms with Crippen molar-refractivity contribution in [2.75, 3.05) is 5.32 Å². The summed E-state index contributed by atoms with van der Waals surface area (Å²) in [5.74, 6) is 0.246. The third-order valence-corrected chi connectivity index (χ3v) is 3.86. The van der Waals surface area contributed by atoms with Crippen LogP contribution in [-0.4, -0.2) is 11.0 Å². The molecular weight excluding hydrogens is 338 g/mol. The fourth-order valence-corrected chi connectivity index (χ4v) is 2.59. The van der Waals surface area contributed by atoms with E-state index in [1.807, 2.05) is 30.3 Å². The number of anilines is 1. The Balaban J connectivity index is 1.83. The van der Waals surface area contributed by atoms with Crippen molar-refractivity contribution < 1.29 is 14.3 Å². The number of furan rings is 1. The summed E-state index contributed by atoms with van der Waals surface area (Å²) in [4.78, 5) is 12.1. The highest BCUT2D eigenvalue weighted by molar-refractivity contribution is 6.30. The number of aliphatic hydroxyl groups excluding tert-OH is 1. The zero-order valence-corrected chi connectivity index (χ0v) is 14.0. The van der Waals surface area contributed by atoms with Crippen molar-refractivity contribution in [3.05, 3.63) is 94.9 Å². The fourth-order valence-electron chi connectivity index (χ4n) is 2.41. The number of carbonyl (C=O) groups is 1. The zero-order valence-electron chi connectivity index (χ0n) is 13.2. The summed E-state index contributed by atoms with van der Waals surface area (Å²) in [6.07, 6.45) is 3.57. The highest BCUT2D eigenvalue weighted by Crippen LogP contribution is 2.30. The second-order valence-corrected chi connectivity index (χ2v) is 5.82. The van der Waals surface area contributed by atoms with Gasteiger partial charge in [0.05, 0.1) is 6.26 Å². The molecule has 4 nitrogen and oxygen atoms in total. The van der Waals surface area contributed by atoms with Crippen molar-refractivity contribution in [2.45, 2.75) is 6.10 Å². The van der Waals surface area contributed by atoms with Gasteiger partial charge >= 0.3 is 0 Å². The van der Waals surface area contributed by atoms with E-state index in [2.05, 4.69) is 5.32 Å². The molecule has 2 N–H and O–H groups in total. The molecule has 0 bridgehead atoms. The van der Waals surface area contributed by atoms with Gasteiger partial charge in [-0.2, -0.15) is 0 Å². The van der Waals surface area contributed by atoms with Gasteiger partial charge in [0.15, 0.2) is 0 Å². The zero-order chi connectivity index (χ0) is 17.6. The SMILES string of the molecule is O=C(/C=C/c1ccco1)Nc1ccc(Cl)cc1[C@H](O)c1ccccc1. The molecule has 25 heavy (non-hydrogen) atoms. The molecule has 1 heterocycles. The van der Waals surface area contributed by atoms with E-state index in [4.69, 9.17) is 16.0 Å². The lowest BCUT2D eigenvalue weighted by atomic mass is 10.00. The summed E-state index contributed by atoms with van der Waals surface area (Å²) in [5.41, 5.74) is 1.74. The third-order valence-electron chi connectivity index (χ3n) is 3.62. The van der Waals surface area contributed by atoms with Crippen LogP contribution in [0.15, 0.2) is 77.4 Å². The van der Waals surface area contributed by atoms with E-state index in [-0.39, 0.29) is 5.91 Å².